The Hall–Kier alpha value is -2.04. The summed E-state index contributed by atoms with van der Waals surface area (Å²) < 4.78 is 0. The Kier molecular flexibility index (Phi) is 4.74. The van der Waals surface area contributed by atoms with E-state index in [-0.39, 0.29) is 18.0 Å². The standard InChI is InChI=1S/C17H24N2O3/c1-12-6-4-5-7-14(12)17(8-9-17)11-18-16(22)19(3)10-13(2)15(20)21/h4-7,13H,8-11H2,1-3H3,(H,18,22)(H,20,21). The van der Waals surface area contributed by atoms with Crippen molar-refractivity contribution >= 4 is 12.0 Å². The first kappa shape index (κ1) is 16.3. The molecule has 1 atom stereocenters. The predicted molar refractivity (Wildman–Crippen MR) is 84.9 cm³/mol. The van der Waals surface area contributed by atoms with Crippen LogP contribution in [0.1, 0.15) is 30.9 Å². The molecule has 1 fully saturated rings. The van der Waals surface area contributed by atoms with Crippen molar-refractivity contribution in [2.45, 2.75) is 32.1 Å². The van der Waals surface area contributed by atoms with Gasteiger partial charge in [-0.25, -0.2) is 4.79 Å². The molecule has 0 spiro atoms. The van der Waals surface area contributed by atoms with E-state index in [1.54, 1.807) is 14.0 Å². The summed E-state index contributed by atoms with van der Waals surface area (Å²) >= 11 is 0. The number of aryl methyl sites for hydroxylation is 1. The number of hydrogen-bond donors (Lipinski definition) is 2. The van der Waals surface area contributed by atoms with E-state index >= 15 is 0 Å². The highest BCUT2D eigenvalue weighted by Crippen LogP contribution is 2.48. The van der Waals surface area contributed by atoms with Gasteiger partial charge in [0.1, 0.15) is 0 Å². The molecule has 1 aromatic carbocycles. The normalized spacial score (nSPS) is 16.7. The van der Waals surface area contributed by atoms with Crippen LogP contribution in [0.2, 0.25) is 0 Å². The Balaban J connectivity index is 1.91. The van der Waals surface area contributed by atoms with Crippen LogP contribution in [0.15, 0.2) is 24.3 Å². The topological polar surface area (TPSA) is 69.6 Å². The molecular weight excluding hydrogens is 280 g/mol. The SMILES string of the molecule is Cc1ccccc1C1(CNC(=O)N(C)CC(C)C(=O)O)CC1. The van der Waals surface area contributed by atoms with Crippen LogP contribution in [0.25, 0.3) is 0 Å². The third-order valence-electron chi connectivity index (χ3n) is 4.46. The highest BCUT2D eigenvalue weighted by Gasteiger charge is 2.45. The van der Waals surface area contributed by atoms with E-state index in [9.17, 15) is 9.59 Å². The summed E-state index contributed by atoms with van der Waals surface area (Å²) in [5.41, 5.74) is 2.61. The fourth-order valence-corrected chi connectivity index (χ4v) is 2.81. The zero-order valence-corrected chi connectivity index (χ0v) is 13.4. The molecule has 1 aliphatic carbocycles. The van der Waals surface area contributed by atoms with Crippen LogP contribution in [0.3, 0.4) is 0 Å². The van der Waals surface area contributed by atoms with Crippen molar-refractivity contribution in [3.05, 3.63) is 35.4 Å². The molecule has 0 aliphatic heterocycles. The zero-order valence-electron chi connectivity index (χ0n) is 13.4. The second kappa shape index (κ2) is 6.38. The van der Waals surface area contributed by atoms with E-state index in [1.165, 1.54) is 16.0 Å². The molecule has 22 heavy (non-hydrogen) atoms. The third kappa shape index (κ3) is 3.59. The van der Waals surface area contributed by atoms with Gasteiger partial charge in [0.25, 0.3) is 0 Å². The lowest BCUT2D eigenvalue weighted by molar-refractivity contribution is -0.141. The Morgan fingerprint density at radius 3 is 2.55 bits per heavy atom. The number of carboxylic acid groups (broad SMARTS) is 1. The average molecular weight is 304 g/mol. The summed E-state index contributed by atoms with van der Waals surface area (Å²) in [7, 11) is 1.63. The van der Waals surface area contributed by atoms with Crippen molar-refractivity contribution in [3.63, 3.8) is 0 Å². The summed E-state index contributed by atoms with van der Waals surface area (Å²) in [6, 6.07) is 8.06. The van der Waals surface area contributed by atoms with Crippen molar-refractivity contribution in [3.8, 4) is 0 Å². The number of urea groups is 1. The molecule has 2 rings (SSSR count). The van der Waals surface area contributed by atoms with Gasteiger partial charge in [-0.15, -0.1) is 0 Å². The van der Waals surface area contributed by atoms with E-state index in [0.29, 0.717) is 6.54 Å². The average Bonchev–Trinajstić information content (AvgIpc) is 3.26. The van der Waals surface area contributed by atoms with E-state index < -0.39 is 11.9 Å². The van der Waals surface area contributed by atoms with E-state index in [1.807, 2.05) is 12.1 Å². The Labute approximate surface area is 131 Å². The number of carbonyl (C=O) groups is 2. The second-order valence-corrected chi connectivity index (χ2v) is 6.37. The summed E-state index contributed by atoms with van der Waals surface area (Å²) in [5, 5.41) is 11.9. The second-order valence-electron chi connectivity index (χ2n) is 6.37. The van der Waals surface area contributed by atoms with Gasteiger partial charge in [0.2, 0.25) is 0 Å². The van der Waals surface area contributed by atoms with Crippen molar-refractivity contribution in [2.24, 2.45) is 5.92 Å². The maximum Gasteiger partial charge on any atom is 0.317 e. The minimum Gasteiger partial charge on any atom is -0.481 e. The van der Waals surface area contributed by atoms with Gasteiger partial charge in [-0.05, 0) is 30.9 Å². The first-order valence-electron chi connectivity index (χ1n) is 7.63. The van der Waals surface area contributed by atoms with Crippen molar-refractivity contribution in [1.82, 2.24) is 10.2 Å². The fourth-order valence-electron chi connectivity index (χ4n) is 2.81. The number of carboxylic acids is 1. The highest BCUT2D eigenvalue weighted by atomic mass is 16.4. The quantitative estimate of drug-likeness (QED) is 0.848. The van der Waals surface area contributed by atoms with Crippen LogP contribution in [-0.2, 0) is 10.2 Å². The van der Waals surface area contributed by atoms with Gasteiger partial charge >= 0.3 is 12.0 Å². The van der Waals surface area contributed by atoms with Crippen molar-refractivity contribution in [1.29, 1.82) is 0 Å². The van der Waals surface area contributed by atoms with Gasteiger partial charge in [0.05, 0.1) is 5.92 Å². The number of benzene rings is 1. The number of nitrogens with one attached hydrogen (secondary N) is 1. The molecule has 1 aromatic rings. The molecular formula is C17H24N2O3. The monoisotopic (exact) mass is 304 g/mol. The van der Waals surface area contributed by atoms with Crippen LogP contribution in [0, 0.1) is 12.8 Å². The minimum absolute atomic E-state index is 0.0558. The summed E-state index contributed by atoms with van der Waals surface area (Å²) in [6.45, 7) is 4.50. The molecule has 0 saturated heterocycles. The lowest BCUT2D eigenvalue weighted by Gasteiger charge is -2.23. The number of amides is 2. The lowest BCUT2D eigenvalue weighted by atomic mass is 9.92. The number of nitrogens with zero attached hydrogens (tertiary/aromatic N) is 1. The largest absolute Gasteiger partial charge is 0.481 e. The van der Waals surface area contributed by atoms with Crippen LogP contribution in [0.5, 0.6) is 0 Å². The van der Waals surface area contributed by atoms with Gasteiger partial charge in [-0.2, -0.15) is 0 Å². The number of hydrogen-bond acceptors (Lipinski definition) is 2. The molecule has 1 aliphatic rings. The Bertz CT molecular complexity index is 567. The van der Waals surface area contributed by atoms with Gasteiger partial charge in [-0.3, -0.25) is 4.79 Å². The van der Waals surface area contributed by atoms with Crippen LogP contribution in [0.4, 0.5) is 4.79 Å². The molecule has 2 amide bonds. The zero-order chi connectivity index (χ0) is 16.3. The van der Waals surface area contributed by atoms with Crippen LogP contribution < -0.4 is 5.32 Å². The predicted octanol–water partition coefficient (Wildman–Crippen LogP) is 2.39. The first-order valence-corrected chi connectivity index (χ1v) is 7.63. The van der Waals surface area contributed by atoms with Gasteiger partial charge in [0, 0.05) is 25.6 Å². The summed E-state index contributed by atoms with van der Waals surface area (Å²) in [5.74, 6) is -1.46. The third-order valence-corrected chi connectivity index (χ3v) is 4.46. The van der Waals surface area contributed by atoms with E-state index in [4.69, 9.17) is 5.11 Å². The molecule has 0 radical (unpaired) electrons. The smallest absolute Gasteiger partial charge is 0.317 e. The first-order chi connectivity index (χ1) is 10.4. The molecule has 2 N–H and O–H groups in total. The number of carbonyl (C=O) groups excluding carboxylic acids is 1. The number of aliphatic carboxylic acids is 1. The molecule has 0 heterocycles. The minimum atomic E-state index is -0.891. The highest BCUT2D eigenvalue weighted by molar-refractivity contribution is 5.76. The van der Waals surface area contributed by atoms with Gasteiger partial charge in [-0.1, -0.05) is 31.2 Å². The fraction of sp³-hybridized carbons (Fsp3) is 0.529. The molecule has 1 saturated carbocycles. The lowest BCUT2D eigenvalue weighted by Crippen LogP contribution is -2.43. The summed E-state index contributed by atoms with van der Waals surface area (Å²) in [4.78, 5) is 24.4. The summed E-state index contributed by atoms with van der Waals surface area (Å²) in [6.07, 6.45) is 2.15. The maximum absolute atomic E-state index is 12.1. The van der Waals surface area contributed by atoms with Crippen molar-refractivity contribution in [2.75, 3.05) is 20.1 Å². The molecule has 0 bridgehead atoms. The Morgan fingerprint density at radius 2 is 2.00 bits per heavy atom. The number of rotatable bonds is 6. The van der Waals surface area contributed by atoms with E-state index in [2.05, 4.69) is 24.4 Å². The molecule has 1 unspecified atom stereocenters. The Morgan fingerprint density at radius 1 is 1.36 bits per heavy atom. The van der Waals surface area contributed by atoms with Crippen LogP contribution in [-0.4, -0.2) is 42.1 Å². The van der Waals surface area contributed by atoms with Crippen molar-refractivity contribution < 1.29 is 14.7 Å². The van der Waals surface area contributed by atoms with Crippen LogP contribution >= 0.6 is 0 Å². The van der Waals surface area contributed by atoms with Gasteiger partial charge < -0.3 is 15.3 Å². The molecule has 120 valence electrons. The molecule has 0 aromatic heterocycles. The van der Waals surface area contributed by atoms with Gasteiger partial charge in [0.15, 0.2) is 0 Å². The molecule has 5 heteroatoms. The maximum atomic E-state index is 12.1. The van der Waals surface area contributed by atoms with E-state index in [0.717, 1.165) is 12.8 Å². The molecule has 5 nitrogen and oxygen atoms in total.